The summed E-state index contributed by atoms with van der Waals surface area (Å²) in [4.78, 5) is 4.40. The van der Waals surface area contributed by atoms with Crippen molar-refractivity contribution in [3.05, 3.63) is 41.5 Å². The average Bonchev–Trinajstić information content (AvgIpc) is 2.87. The summed E-state index contributed by atoms with van der Waals surface area (Å²) in [6.07, 6.45) is 0. The number of pyridine rings is 1. The summed E-state index contributed by atoms with van der Waals surface area (Å²) in [7, 11) is -0.871. The molecule has 0 saturated carbocycles. The van der Waals surface area contributed by atoms with Crippen molar-refractivity contribution in [2.24, 2.45) is 0 Å². The lowest BCUT2D eigenvalue weighted by Gasteiger charge is -2.22. The molecule has 1 aromatic heterocycles. The number of nitrogens with one attached hydrogen (secondary N) is 1. The van der Waals surface area contributed by atoms with Gasteiger partial charge in [0.15, 0.2) is 0 Å². The van der Waals surface area contributed by atoms with Crippen molar-refractivity contribution in [3.63, 3.8) is 0 Å². The largest absolute Gasteiger partial charge is 0.491 e. The lowest BCUT2D eigenvalue weighted by molar-refractivity contribution is 0.275. The molecule has 1 aliphatic rings. The van der Waals surface area contributed by atoms with Crippen molar-refractivity contribution < 1.29 is 14.4 Å². The van der Waals surface area contributed by atoms with Crippen LogP contribution >= 0.6 is 0 Å². The Balaban J connectivity index is 1.86. The zero-order valence-electron chi connectivity index (χ0n) is 13.8. The van der Waals surface area contributed by atoms with E-state index in [9.17, 15) is 10.3 Å². The highest BCUT2D eigenvalue weighted by Crippen LogP contribution is 2.26. The Bertz CT molecular complexity index is 812. The van der Waals surface area contributed by atoms with Gasteiger partial charge in [-0.2, -0.15) is 10.2 Å². The van der Waals surface area contributed by atoms with E-state index in [4.69, 9.17) is 9.39 Å². The molecule has 2 heterocycles. The van der Waals surface area contributed by atoms with E-state index in [1.54, 1.807) is 24.3 Å². The standard InChI is InChI=1S/C17H18BN3O3/c1-17(2,3)21-16-11(9-19)4-7-15(20-16)24-13-5-6-14-12(8-13)10-23-18(14)22/h4-8,22H,10H2,1-3H3,(H,20,21). The Labute approximate surface area is 141 Å². The number of rotatable bonds is 3. The first-order valence-electron chi connectivity index (χ1n) is 7.65. The van der Waals surface area contributed by atoms with Crippen LogP contribution in [0.15, 0.2) is 30.3 Å². The molecular formula is C17H18BN3O3. The lowest BCUT2D eigenvalue weighted by Crippen LogP contribution is -2.27. The zero-order chi connectivity index (χ0) is 17.3. The number of fused-ring (bicyclic) bond motifs is 1. The molecule has 2 aromatic rings. The van der Waals surface area contributed by atoms with Gasteiger partial charge in [0.05, 0.1) is 12.2 Å². The molecule has 6 nitrogen and oxygen atoms in total. The van der Waals surface area contributed by atoms with Crippen molar-refractivity contribution >= 4 is 18.4 Å². The third-order valence-electron chi connectivity index (χ3n) is 3.48. The fraction of sp³-hybridized carbons (Fsp3) is 0.294. The summed E-state index contributed by atoms with van der Waals surface area (Å²) in [5.41, 5.74) is 1.88. The molecule has 0 amide bonds. The van der Waals surface area contributed by atoms with Crippen LogP contribution in [0.3, 0.4) is 0 Å². The molecule has 0 bridgehead atoms. The van der Waals surface area contributed by atoms with E-state index in [2.05, 4.69) is 16.4 Å². The molecule has 122 valence electrons. The van der Waals surface area contributed by atoms with Crippen LogP contribution in [0.5, 0.6) is 11.6 Å². The second-order valence-corrected chi connectivity index (χ2v) is 6.66. The molecule has 2 N–H and O–H groups in total. The number of ether oxygens (including phenoxy) is 1. The molecule has 3 rings (SSSR count). The van der Waals surface area contributed by atoms with Gasteiger partial charge in [-0.1, -0.05) is 6.07 Å². The first-order chi connectivity index (χ1) is 11.4. The third-order valence-corrected chi connectivity index (χ3v) is 3.48. The number of benzene rings is 1. The van der Waals surface area contributed by atoms with E-state index in [1.807, 2.05) is 26.8 Å². The van der Waals surface area contributed by atoms with E-state index < -0.39 is 7.12 Å². The number of hydrogen-bond acceptors (Lipinski definition) is 6. The van der Waals surface area contributed by atoms with Crippen LogP contribution < -0.4 is 15.5 Å². The Morgan fingerprint density at radius 3 is 2.83 bits per heavy atom. The number of nitriles is 1. The van der Waals surface area contributed by atoms with Gasteiger partial charge in [0, 0.05) is 11.6 Å². The quantitative estimate of drug-likeness (QED) is 0.842. The van der Waals surface area contributed by atoms with Crippen molar-refractivity contribution in [2.45, 2.75) is 32.9 Å². The lowest BCUT2D eigenvalue weighted by atomic mass is 9.80. The highest BCUT2D eigenvalue weighted by molar-refractivity contribution is 6.61. The van der Waals surface area contributed by atoms with Crippen molar-refractivity contribution in [1.29, 1.82) is 5.26 Å². The number of anilines is 1. The van der Waals surface area contributed by atoms with E-state index in [0.29, 0.717) is 29.6 Å². The Morgan fingerprint density at radius 1 is 1.33 bits per heavy atom. The third kappa shape index (κ3) is 3.50. The van der Waals surface area contributed by atoms with Gasteiger partial charge in [-0.25, -0.2) is 0 Å². The van der Waals surface area contributed by atoms with Gasteiger partial charge >= 0.3 is 7.12 Å². The van der Waals surface area contributed by atoms with Gasteiger partial charge in [0.2, 0.25) is 5.88 Å². The molecule has 7 heteroatoms. The molecule has 0 radical (unpaired) electrons. The molecule has 1 aromatic carbocycles. The Hall–Kier alpha value is -2.56. The van der Waals surface area contributed by atoms with Crippen LogP contribution in [0.25, 0.3) is 0 Å². The zero-order valence-corrected chi connectivity index (χ0v) is 13.8. The monoisotopic (exact) mass is 323 g/mol. The minimum Gasteiger partial charge on any atom is -0.439 e. The normalized spacial score (nSPS) is 13.4. The predicted octanol–water partition coefficient (Wildman–Crippen LogP) is 2.17. The molecule has 0 saturated heterocycles. The van der Waals surface area contributed by atoms with Crippen LogP contribution in [0.1, 0.15) is 31.9 Å². The minimum absolute atomic E-state index is 0.224. The number of hydrogen-bond donors (Lipinski definition) is 2. The summed E-state index contributed by atoms with van der Waals surface area (Å²) in [5.74, 6) is 1.48. The minimum atomic E-state index is -0.871. The van der Waals surface area contributed by atoms with Gasteiger partial charge < -0.3 is 19.7 Å². The Kier molecular flexibility index (Phi) is 4.18. The highest BCUT2D eigenvalue weighted by atomic mass is 16.5. The van der Waals surface area contributed by atoms with Crippen LogP contribution in [0.4, 0.5) is 5.82 Å². The molecule has 0 aliphatic carbocycles. The second-order valence-electron chi connectivity index (χ2n) is 6.66. The molecule has 1 aliphatic heterocycles. The van der Waals surface area contributed by atoms with Crippen LogP contribution in [0.2, 0.25) is 0 Å². The highest BCUT2D eigenvalue weighted by Gasteiger charge is 2.27. The smallest absolute Gasteiger partial charge is 0.439 e. The van der Waals surface area contributed by atoms with E-state index in [1.165, 1.54) is 0 Å². The van der Waals surface area contributed by atoms with Gasteiger partial charge in [-0.05, 0) is 50.0 Å². The van der Waals surface area contributed by atoms with Crippen molar-refractivity contribution in [2.75, 3.05) is 5.32 Å². The summed E-state index contributed by atoms with van der Waals surface area (Å²) in [6.45, 7) is 6.34. The molecule has 0 unspecified atom stereocenters. The Morgan fingerprint density at radius 2 is 2.12 bits per heavy atom. The number of aromatic nitrogens is 1. The average molecular weight is 323 g/mol. The van der Waals surface area contributed by atoms with Gasteiger partial charge in [-0.3, -0.25) is 0 Å². The summed E-state index contributed by atoms with van der Waals surface area (Å²) < 4.78 is 11.0. The number of nitrogens with zero attached hydrogens (tertiary/aromatic N) is 2. The predicted molar refractivity (Wildman–Crippen MR) is 91.2 cm³/mol. The first kappa shape index (κ1) is 16.3. The molecular weight excluding hydrogens is 305 g/mol. The van der Waals surface area contributed by atoms with Crippen LogP contribution in [0, 0.1) is 11.3 Å². The van der Waals surface area contributed by atoms with Gasteiger partial charge in [0.1, 0.15) is 17.6 Å². The topological polar surface area (TPSA) is 87.4 Å². The fourth-order valence-electron chi connectivity index (χ4n) is 2.43. The molecule has 0 spiro atoms. The maximum Gasteiger partial charge on any atom is 0.491 e. The fourth-order valence-corrected chi connectivity index (χ4v) is 2.43. The first-order valence-corrected chi connectivity index (χ1v) is 7.65. The van der Waals surface area contributed by atoms with Crippen molar-refractivity contribution in [1.82, 2.24) is 4.98 Å². The molecule has 0 atom stereocenters. The molecule has 0 fully saturated rings. The van der Waals surface area contributed by atoms with Crippen molar-refractivity contribution in [3.8, 4) is 17.7 Å². The van der Waals surface area contributed by atoms with Crippen LogP contribution in [-0.4, -0.2) is 22.7 Å². The van der Waals surface area contributed by atoms with Crippen LogP contribution in [-0.2, 0) is 11.3 Å². The maximum atomic E-state index is 9.65. The maximum absolute atomic E-state index is 9.65. The van der Waals surface area contributed by atoms with Gasteiger partial charge in [-0.15, -0.1) is 0 Å². The second kappa shape index (κ2) is 6.15. The molecule has 24 heavy (non-hydrogen) atoms. The summed E-state index contributed by atoms with van der Waals surface area (Å²) >= 11 is 0. The van der Waals surface area contributed by atoms with E-state index in [0.717, 1.165) is 11.0 Å². The SMILES string of the molecule is CC(C)(C)Nc1nc(Oc2ccc3c(c2)COB3O)ccc1C#N. The van der Waals surface area contributed by atoms with Gasteiger partial charge in [0.25, 0.3) is 0 Å². The van der Waals surface area contributed by atoms with E-state index >= 15 is 0 Å². The van der Waals surface area contributed by atoms with E-state index in [-0.39, 0.29) is 5.54 Å². The summed E-state index contributed by atoms with van der Waals surface area (Å²) in [6, 6.07) is 10.8. The summed E-state index contributed by atoms with van der Waals surface area (Å²) in [5, 5.41) is 22.1.